The highest BCUT2D eigenvalue weighted by molar-refractivity contribution is 7.20. The van der Waals surface area contributed by atoms with Crippen molar-refractivity contribution in [1.82, 2.24) is 15.2 Å². The van der Waals surface area contributed by atoms with Crippen LogP contribution in [0.5, 0.6) is 5.19 Å². The number of aliphatic carboxylic acids is 1. The summed E-state index contributed by atoms with van der Waals surface area (Å²) in [6, 6.07) is 8.53. The van der Waals surface area contributed by atoms with Gasteiger partial charge in [-0.15, -0.1) is 0 Å². The minimum atomic E-state index is -4.56. The van der Waals surface area contributed by atoms with Crippen LogP contribution in [0.2, 0.25) is 0 Å². The van der Waals surface area contributed by atoms with Crippen LogP contribution in [0.25, 0.3) is 10.2 Å². The summed E-state index contributed by atoms with van der Waals surface area (Å²) in [5, 5.41) is 16.2. The van der Waals surface area contributed by atoms with Crippen molar-refractivity contribution in [3.05, 3.63) is 65.7 Å². The standard InChI is InChI=1S/C33H35F3N4O5S/c1-19-12-13-24-27(14-19)46-31(38-24)45-23-16-26-28(41)39-32(30(43)44)17-21(32)8-5-3-2-4-6-11-25(29(42)40(26)18-23)37-22-10-7-9-20(15-22)33(34,35)36/h5,7-10,12-15,21,23,25-26,37H,2-4,6,11,16-18H2,1H3,(H,39,41)(H,43,44)/b8-5-/t21-,23+,25-,26-,32+/m0/s1. The number of amides is 2. The molecule has 0 unspecified atom stereocenters. The van der Waals surface area contributed by atoms with Crippen molar-refractivity contribution >= 4 is 45.0 Å². The van der Waals surface area contributed by atoms with Gasteiger partial charge in [0.15, 0.2) is 0 Å². The number of benzene rings is 2. The Balaban J connectivity index is 1.30. The van der Waals surface area contributed by atoms with E-state index in [9.17, 15) is 32.7 Å². The molecule has 3 N–H and O–H groups in total. The Kier molecular flexibility index (Phi) is 8.70. The lowest BCUT2D eigenvalue weighted by Crippen LogP contribution is -2.55. The third-order valence-corrected chi connectivity index (χ3v) is 9.85. The number of carbonyl (C=O) groups excluding carboxylic acids is 2. The number of carboxylic acid groups (broad SMARTS) is 1. The van der Waals surface area contributed by atoms with Crippen molar-refractivity contribution in [3.63, 3.8) is 0 Å². The SMILES string of the molecule is Cc1ccc2nc(O[C@@H]3C[C@H]4C(=O)N[C@]5(C(=O)O)C[C@@H]5/C=C\CCCCC[C@H](Nc5cccc(C(F)(F)F)c5)C(=O)N4C3)sc2c1. The second-order valence-corrected chi connectivity index (χ2v) is 13.3. The van der Waals surface area contributed by atoms with Gasteiger partial charge in [-0.05, 0) is 68.5 Å². The van der Waals surface area contributed by atoms with Gasteiger partial charge in [-0.3, -0.25) is 9.59 Å². The number of rotatable bonds is 5. The number of nitrogens with zero attached hydrogens (tertiary/aromatic N) is 2. The van der Waals surface area contributed by atoms with Crippen LogP contribution in [0.3, 0.4) is 0 Å². The molecule has 0 spiro atoms. The number of aromatic nitrogens is 1. The van der Waals surface area contributed by atoms with Gasteiger partial charge in [0.2, 0.25) is 11.8 Å². The zero-order chi connectivity index (χ0) is 32.6. The lowest BCUT2D eigenvalue weighted by molar-refractivity contribution is -0.145. The van der Waals surface area contributed by atoms with E-state index in [0.717, 1.165) is 40.8 Å². The topological polar surface area (TPSA) is 121 Å². The normalized spacial score (nSPS) is 28.0. The molecule has 3 heterocycles. The Labute approximate surface area is 267 Å². The monoisotopic (exact) mass is 656 g/mol. The summed E-state index contributed by atoms with van der Waals surface area (Å²) in [6.07, 6.45) is 2.14. The molecule has 9 nitrogen and oxygen atoms in total. The Bertz CT molecular complexity index is 1680. The van der Waals surface area contributed by atoms with Gasteiger partial charge >= 0.3 is 12.1 Å². The second kappa shape index (κ2) is 12.6. The summed E-state index contributed by atoms with van der Waals surface area (Å²) in [4.78, 5) is 46.3. The molecule has 0 radical (unpaired) electrons. The van der Waals surface area contributed by atoms with Crippen molar-refractivity contribution in [2.75, 3.05) is 11.9 Å². The highest BCUT2D eigenvalue weighted by Crippen LogP contribution is 2.45. The number of carboxylic acids is 1. The van der Waals surface area contributed by atoms with Crippen LogP contribution in [0.4, 0.5) is 18.9 Å². The highest BCUT2D eigenvalue weighted by Gasteiger charge is 2.61. The predicted molar refractivity (Wildman–Crippen MR) is 167 cm³/mol. The number of thiazole rings is 1. The number of nitrogens with one attached hydrogen (secondary N) is 2. The van der Waals surface area contributed by atoms with Gasteiger partial charge in [0.1, 0.15) is 23.7 Å². The lowest BCUT2D eigenvalue weighted by Gasteiger charge is -2.30. The second-order valence-electron chi connectivity index (χ2n) is 12.4. The number of allylic oxidation sites excluding steroid dienone is 1. The molecular formula is C33H35F3N4O5S. The summed E-state index contributed by atoms with van der Waals surface area (Å²) in [7, 11) is 0. The lowest BCUT2D eigenvalue weighted by atomic mass is 10.0. The fourth-order valence-corrected chi connectivity index (χ4v) is 7.32. The van der Waals surface area contributed by atoms with Crippen molar-refractivity contribution in [1.29, 1.82) is 0 Å². The number of halogens is 3. The van der Waals surface area contributed by atoms with Crippen LogP contribution in [-0.4, -0.2) is 63.0 Å². The van der Waals surface area contributed by atoms with E-state index in [-0.39, 0.29) is 31.0 Å². The average Bonchev–Trinajstić information content (AvgIpc) is 3.32. The molecule has 5 atom stereocenters. The molecule has 0 bridgehead atoms. The van der Waals surface area contributed by atoms with Gasteiger partial charge < -0.3 is 25.4 Å². The Morgan fingerprint density at radius 2 is 2.00 bits per heavy atom. The maximum absolute atomic E-state index is 14.2. The maximum atomic E-state index is 14.2. The fourth-order valence-electron chi connectivity index (χ4n) is 6.34. The number of hydrogen-bond acceptors (Lipinski definition) is 7. The molecule has 1 saturated heterocycles. The van der Waals surface area contributed by atoms with Crippen LogP contribution in [0.15, 0.2) is 54.6 Å². The van der Waals surface area contributed by atoms with Gasteiger partial charge in [-0.2, -0.15) is 13.2 Å². The summed E-state index contributed by atoms with van der Waals surface area (Å²) >= 11 is 1.35. The molecule has 46 heavy (non-hydrogen) atoms. The van der Waals surface area contributed by atoms with Gasteiger partial charge in [0.25, 0.3) is 5.19 Å². The molecule has 3 aromatic rings. The largest absolute Gasteiger partial charge is 0.479 e. The third-order valence-electron chi connectivity index (χ3n) is 8.94. The molecule has 1 aliphatic carbocycles. The highest BCUT2D eigenvalue weighted by atomic mass is 32.1. The molecule has 1 aromatic heterocycles. The number of ether oxygens (including phenoxy) is 1. The van der Waals surface area contributed by atoms with Gasteiger partial charge in [0.05, 0.1) is 22.3 Å². The quantitative estimate of drug-likeness (QED) is 0.291. The van der Waals surface area contributed by atoms with Crippen LogP contribution < -0.4 is 15.4 Å². The summed E-state index contributed by atoms with van der Waals surface area (Å²) in [6.45, 7) is 2.00. The number of alkyl halides is 3. The molecule has 6 rings (SSSR count). The summed E-state index contributed by atoms with van der Waals surface area (Å²) < 4.78 is 47.5. The molecular weight excluding hydrogens is 621 g/mol. The minimum absolute atomic E-state index is 0.0239. The Hall–Kier alpha value is -4.13. The maximum Gasteiger partial charge on any atom is 0.416 e. The number of fused-ring (bicyclic) bond motifs is 3. The molecule has 2 fully saturated rings. The zero-order valence-electron chi connectivity index (χ0n) is 25.2. The van der Waals surface area contributed by atoms with E-state index in [2.05, 4.69) is 15.6 Å². The minimum Gasteiger partial charge on any atom is -0.479 e. The first-order valence-corrected chi connectivity index (χ1v) is 16.2. The van der Waals surface area contributed by atoms with E-state index in [4.69, 9.17) is 4.74 Å². The third kappa shape index (κ3) is 6.69. The van der Waals surface area contributed by atoms with Crippen LogP contribution in [0, 0.1) is 12.8 Å². The van der Waals surface area contributed by atoms with Gasteiger partial charge in [-0.1, -0.05) is 48.5 Å². The van der Waals surface area contributed by atoms with Gasteiger partial charge in [-0.25, -0.2) is 9.78 Å². The average molecular weight is 657 g/mol. The van der Waals surface area contributed by atoms with E-state index in [1.807, 2.05) is 37.3 Å². The van der Waals surface area contributed by atoms with Crippen LogP contribution in [0.1, 0.15) is 56.1 Å². The summed E-state index contributed by atoms with van der Waals surface area (Å²) in [5.41, 5.74) is -0.338. The molecule has 2 aromatic carbocycles. The Morgan fingerprint density at radius 3 is 2.78 bits per heavy atom. The first kappa shape index (κ1) is 31.8. The smallest absolute Gasteiger partial charge is 0.416 e. The molecule has 2 aliphatic heterocycles. The number of carbonyl (C=O) groups is 3. The fraction of sp³-hybridized carbons (Fsp3) is 0.455. The molecule has 244 valence electrons. The molecule has 1 saturated carbocycles. The van der Waals surface area contributed by atoms with E-state index >= 15 is 0 Å². The van der Waals surface area contributed by atoms with Crippen molar-refractivity contribution in [2.24, 2.45) is 5.92 Å². The first-order valence-electron chi connectivity index (χ1n) is 15.4. The number of hydrogen-bond donors (Lipinski definition) is 3. The predicted octanol–water partition coefficient (Wildman–Crippen LogP) is 5.93. The Morgan fingerprint density at radius 1 is 1.17 bits per heavy atom. The van der Waals surface area contributed by atoms with Crippen molar-refractivity contribution in [2.45, 2.75) is 81.8 Å². The molecule has 2 amide bonds. The zero-order valence-corrected chi connectivity index (χ0v) is 26.0. The van der Waals surface area contributed by atoms with E-state index in [1.165, 1.54) is 28.4 Å². The first-order chi connectivity index (χ1) is 21.9. The van der Waals surface area contributed by atoms with E-state index in [0.29, 0.717) is 24.5 Å². The summed E-state index contributed by atoms with van der Waals surface area (Å²) in [5.74, 6) is -2.57. The van der Waals surface area contributed by atoms with E-state index < -0.39 is 53.2 Å². The van der Waals surface area contributed by atoms with Crippen molar-refractivity contribution in [3.8, 4) is 5.19 Å². The molecule has 3 aliphatic rings. The van der Waals surface area contributed by atoms with Gasteiger partial charge in [0, 0.05) is 18.0 Å². The number of anilines is 1. The van der Waals surface area contributed by atoms with Crippen molar-refractivity contribution < 1.29 is 37.4 Å². The van der Waals surface area contributed by atoms with Crippen LogP contribution in [-0.2, 0) is 20.6 Å². The van der Waals surface area contributed by atoms with Crippen LogP contribution >= 0.6 is 11.3 Å². The number of aryl methyl sites for hydroxylation is 1. The van der Waals surface area contributed by atoms with E-state index in [1.54, 1.807) is 0 Å². The molecule has 13 heteroatoms.